The number of thiophene rings is 1. The van der Waals surface area contributed by atoms with Gasteiger partial charge in [0.25, 0.3) is 0 Å². The lowest BCUT2D eigenvalue weighted by atomic mass is 10.3. The molecule has 1 atom stereocenters. The van der Waals surface area contributed by atoms with Gasteiger partial charge in [-0.2, -0.15) is 0 Å². The van der Waals surface area contributed by atoms with Crippen molar-refractivity contribution in [3.05, 3.63) is 40.6 Å². The maximum atomic E-state index is 10.7. The molecule has 0 fully saturated rings. The lowest BCUT2D eigenvalue weighted by Crippen LogP contribution is -2.29. The number of aromatic nitrogens is 2. The largest absolute Gasteiger partial charge is 0.477 e. The minimum Gasteiger partial charge on any atom is -0.477 e. The topological polar surface area (TPSA) is 67.2 Å². The molecule has 18 heavy (non-hydrogen) atoms. The summed E-state index contributed by atoms with van der Waals surface area (Å²) in [6.07, 6.45) is 5.46. The summed E-state index contributed by atoms with van der Waals surface area (Å²) in [5.41, 5.74) is 0. The van der Waals surface area contributed by atoms with Crippen molar-refractivity contribution in [3.8, 4) is 0 Å². The smallest absolute Gasteiger partial charge is 0.345 e. The van der Waals surface area contributed by atoms with Crippen LogP contribution in [0.25, 0.3) is 0 Å². The molecule has 0 bridgehead atoms. The van der Waals surface area contributed by atoms with Gasteiger partial charge in [0.15, 0.2) is 0 Å². The van der Waals surface area contributed by atoms with E-state index in [2.05, 4.69) is 17.2 Å². The molecule has 2 heterocycles. The van der Waals surface area contributed by atoms with E-state index in [9.17, 15) is 4.79 Å². The molecule has 96 valence electrons. The molecule has 6 heteroatoms. The zero-order valence-electron chi connectivity index (χ0n) is 10.0. The SMILES string of the molecule is CC(Cn1ccnc1)NCc1ccc(C(=O)O)s1. The fourth-order valence-corrected chi connectivity index (χ4v) is 2.44. The van der Waals surface area contributed by atoms with Crippen molar-refractivity contribution < 1.29 is 9.90 Å². The van der Waals surface area contributed by atoms with E-state index in [4.69, 9.17) is 5.11 Å². The Labute approximate surface area is 109 Å². The van der Waals surface area contributed by atoms with Crippen LogP contribution in [-0.4, -0.2) is 26.7 Å². The molecule has 0 aromatic carbocycles. The maximum absolute atomic E-state index is 10.7. The predicted octanol–water partition coefficient (Wildman–Crippen LogP) is 1.82. The molecule has 1 unspecified atom stereocenters. The summed E-state index contributed by atoms with van der Waals surface area (Å²) in [5, 5.41) is 12.2. The first-order chi connectivity index (χ1) is 8.65. The van der Waals surface area contributed by atoms with E-state index in [1.807, 2.05) is 16.8 Å². The number of rotatable bonds is 6. The highest BCUT2D eigenvalue weighted by Crippen LogP contribution is 2.16. The maximum Gasteiger partial charge on any atom is 0.345 e. The van der Waals surface area contributed by atoms with Gasteiger partial charge < -0.3 is 15.0 Å². The van der Waals surface area contributed by atoms with Crippen LogP contribution in [0.5, 0.6) is 0 Å². The summed E-state index contributed by atoms with van der Waals surface area (Å²) in [5.74, 6) is -0.863. The number of nitrogens with one attached hydrogen (secondary N) is 1. The van der Waals surface area contributed by atoms with Gasteiger partial charge in [0.2, 0.25) is 0 Å². The fourth-order valence-electron chi connectivity index (χ4n) is 1.64. The van der Waals surface area contributed by atoms with Crippen molar-refractivity contribution in [1.82, 2.24) is 14.9 Å². The van der Waals surface area contributed by atoms with Crippen LogP contribution in [-0.2, 0) is 13.1 Å². The average Bonchev–Trinajstić information content (AvgIpc) is 2.96. The van der Waals surface area contributed by atoms with Crippen molar-refractivity contribution in [1.29, 1.82) is 0 Å². The van der Waals surface area contributed by atoms with E-state index in [1.54, 1.807) is 18.6 Å². The Morgan fingerprint density at radius 1 is 1.61 bits per heavy atom. The van der Waals surface area contributed by atoms with Crippen LogP contribution in [0.1, 0.15) is 21.5 Å². The highest BCUT2D eigenvalue weighted by molar-refractivity contribution is 7.13. The van der Waals surface area contributed by atoms with Crippen molar-refractivity contribution in [2.45, 2.75) is 26.1 Å². The van der Waals surface area contributed by atoms with Crippen LogP contribution in [0, 0.1) is 0 Å². The molecule has 0 saturated heterocycles. The molecule has 0 aliphatic heterocycles. The van der Waals surface area contributed by atoms with Crippen LogP contribution in [0.4, 0.5) is 0 Å². The Hall–Kier alpha value is -1.66. The number of nitrogens with zero attached hydrogens (tertiary/aromatic N) is 2. The van der Waals surface area contributed by atoms with Gasteiger partial charge in [0.1, 0.15) is 4.88 Å². The summed E-state index contributed by atoms with van der Waals surface area (Å²) >= 11 is 1.31. The number of carbonyl (C=O) groups is 1. The lowest BCUT2D eigenvalue weighted by Gasteiger charge is -2.13. The highest BCUT2D eigenvalue weighted by Gasteiger charge is 2.08. The van der Waals surface area contributed by atoms with Gasteiger partial charge in [0, 0.05) is 36.4 Å². The van der Waals surface area contributed by atoms with Gasteiger partial charge in [-0.15, -0.1) is 11.3 Å². The van der Waals surface area contributed by atoms with Crippen molar-refractivity contribution >= 4 is 17.3 Å². The van der Waals surface area contributed by atoms with Gasteiger partial charge in [-0.05, 0) is 19.1 Å². The minimum atomic E-state index is -0.863. The molecule has 0 saturated carbocycles. The molecule has 2 rings (SSSR count). The average molecular weight is 265 g/mol. The number of aromatic carboxylic acids is 1. The van der Waals surface area contributed by atoms with Crippen molar-refractivity contribution in [3.63, 3.8) is 0 Å². The number of carboxylic acid groups (broad SMARTS) is 1. The number of imidazole rings is 1. The first-order valence-corrected chi connectivity index (χ1v) is 6.48. The van der Waals surface area contributed by atoms with Gasteiger partial charge >= 0.3 is 5.97 Å². The standard InChI is InChI=1S/C12H15N3O2S/c1-9(7-15-5-4-13-8-15)14-6-10-2-3-11(18-10)12(16)17/h2-5,8-9,14H,6-7H2,1H3,(H,16,17). The third-order valence-corrected chi connectivity index (χ3v) is 3.61. The Kier molecular flexibility index (Phi) is 4.11. The molecule has 0 aliphatic rings. The van der Waals surface area contributed by atoms with E-state index in [1.165, 1.54) is 11.3 Å². The van der Waals surface area contributed by atoms with Crippen molar-refractivity contribution in [2.24, 2.45) is 0 Å². The van der Waals surface area contributed by atoms with E-state index in [0.29, 0.717) is 17.5 Å². The highest BCUT2D eigenvalue weighted by atomic mass is 32.1. The Balaban J connectivity index is 1.81. The quantitative estimate of drug-likeness (QED) is 0.836. The first-order valence-electron chi connectivity index (χ1n) is 5.66. The van der Waals surface area contributed by atoms with Crippen LogP contribution in [0.15, 0.2) is 30.9 Å². The number of hydrogen-bond donors (Lipinski definition) is 2. The van der Waals surface area contributed by atoms with E-state index >= 15 is 0 Å². The Morgan fingerprint density at radius 3 is 3.06 bits per heavy atom. The number of hydrogen-bond acceptors (Lipinski definition) is 4. The molecular weight excluding hydrogens is 250 g/mol. The third-order valence-electron chi connectivity index (χ3n) is 2.54. The van der Waals surface area contributed by atoms with Gasteiger partial charge in [0.05, 0.1) is 6.33 Å². The van der Waals surface area contributed by atoms with Crippen LogP contribution >= 0.6 is 11.3 Å². The van der Waals surface area contributed by atoms with Crippen molar-refractivity contribution in [2.75, 3.05) is 0 Å². The van der Waals surface area contributed by atoms with Crippen LogP contribution in [0.2, 0.25) is 0 Å². The van der Waals surface area contributed by atoms with Gasteiger partial charge in [-0.3, -0.25) is 0 Å². The molecule has 2 aromatic heterocycles. The molecule has 5 nitrogen and oxygen atoms in total. The molecule has 2 aromatic rings. The Morgan fingerprint density at radius 2 is 2.44 bits per heavy atom. The van der Waals surface area contributed by atoms with E-state index in [-0.39, 0.29) is 0 Å². The number of carboxylic acids is 1. The summed E-state index contributed by atoms with van der Waals surface area (Å²) in [6.45, 7) is 3.62. The molecule has 0 amide bonds. The van der Waals surface area contributed by atoms with E-state index in [0.717, 1.165) is 11.4 Å². The Bertz CT molecular complexity index is 507. The summed E-state index contributed by atoms with van der Waals surface area (Å²) in [6, 6.07) is 3.80. The molecule has 2 N–H and O–H groups in total. The summed E-state index contributed by atoms with van der Waals surface area (Å²) in [4.78, 5) is 16.1. The zero-order valence-corrected chi connectivity index (χ0v) is 10.9. The summed E-state index contributed by atoms with van der Waals surface area (Å²) < 4.78 is 2.01. The monoisotopic (exact) mass is 265 g/mol. The zero-order chi connectivity index (χ0) is 13.0. The lowest BCUT2D eigenvalue weighted by molar-refractivity contribution is 0.0702. The fraction of sp³-hybridized carbons (Fsp3) is 0.333. The first kappa shape index (κ1) is 12.8. The summed E-state index contributed by atoms with van der Waals surface area (Å²) in [7, 11) is 0. The van der Waals surface area contributed by atoms with Crippen LogP contribution < -0.4 is 5.32 Å². The second kappa shape index (κ2) is 5.79. The molecular formula is C12H15N3O2S. The minimum absolute atomic E-state index is 0.301. The van der Waals surface area contributed by atoms with Gasteiger partial charge in [-0.1, -0.05) is 0 Å². The molecule has 0 radical (unpaired) electrons. The second-order valence-electron chi connectivity index (χ2n) is 4.11. The molecule has 0 aliphatic carbocycles. The van der Waals surface area contributed by atoms with Crippen LogP contribution in [0.3, 0.4) is 0 Å². The van der Waals surface area contributed by atoms with Gasteiger partial charge in [-0.25, -0.2) is 9.78 Å². The van der Waals surface area contributed by atoms with E-state index < -0.39 is 5.97 Å². The normalized spacial score (nSPS) is 12.5. The second-order valence-corrected chi connectivity index (χ2v) is 5.28. The predicted molar refractivity (Wildman–Crippen MR) is 69.8 cm³/mol. The third kappa shape index (κ3) is 3.41. The molecule has 0 spiro atoms.